The van der Waals surface area contributed by atoms with Gasteiger partial charge in [0.2, 0.25) is 0 Å². The van der Waals surface area contributed by atoms with Gasteiger partial charge < -0.3 is 5.32 Å². The van der Waals surface area contributed by atoms with Crippen molar-refractivity contribution in [2.45, 2.75) is 25.8 Å². The van der Waals surface area contributed by atoms with Gasteiger partial charge in [0.1, 0.15) is 0 Å². The summed E-state index contributed by atoms with van der Waals surface area (Å²) < 4.78 is 1.87. The summed E-state index contributed by atoms with van der Waals surface area (Å²) in [5, 5.41) is 7.53. The van der Waals surface area contributed by atoms with E-state index in [4.69, 9.17) is 0 Å². The zero-order chi connectivity index (χ0) is 15.4. The summed E-state index contributed by atoms with van der Waals surface area (Å²) in [6, 6.07) is 4.51. The first kappa shape index (κ1) is 18.5. The number of aryl methyl sites for hydroxylation is 1. The fraction of sp³-hybridized carbons (Fsp3) is 0.588. The summed E-state index contributed by atoms with van der Waals surface area (Å²) in [6.45, 7) is 4.75. The summed E-state index contributed by atoms with van der Waals surface area (Å²) in [4.78, 5) is 5.40. The summed E-state index contributed by atoms with van der Waals surface area (Å²) >= 11 is 1.90. The average molecular weight is 355 g/mol. The molecular weight excluding hydrogens is 328 g/mol. The van der Waals surface area contributed by atoms with Gasteiger partial charge in [-0.15, -0.1) is 23.7 Å². The Morgan fingerprint density at radius 1 is 1.30 bits per heavy atom. The average Bonchev–Trinajstić information content (AvgIpc) is 3.15. The first-order valence-electron chi connectivity index (χ1n) is 8.19. The minimum atomic E-state index is 0. The van der Waals surface area contributed by atoms with Crippen molar-refractivity contribution in [2.24, 2.45) is 13.0 Å². The van der Waals surface area contributed by atoms with Crippen LogP contribution in [0.2, 0.25) is 0 Å². The molecule has 2 aromatic rings. The van der Waals surface area contributed by atoms with Crippen molar-refractivity contribution in [1.29, 1.82) is 0 Å². The van der Waals surface area contributed by atoms with E-state index in [0.717, 1.165) is 19.0 Å². The first-order valence-corrected chi connectivity index (χ1v) is 9.01. The maximum Gasteiger partial charge on any atom is 0.0576 e. The topological polar surface area (TPSA) is 33.1 Å². The summed E-state index contributed by atoms with van der Waals surface area (Å²) in [5.74, 6) is 0.915. The predicted octanol–water partition coefficient (Wildman–Crippen LogP) is 3.39. The number of rotatable bonds is 6. The molecule has 2 aromatic heterocycles. The molecule has 0 radical (unpaired) electrons. The lowest BCUT2D eigenvalue weighted by molar-refractivity contribution is 0.173. The molecule has 0 aliphatic carbocycles. The van der Waals surface area contributed by atoms with Gasteiger partial charge in [-0.1, -0.05) is 0 Å². The molecule has 4 nitrogen and oxygen atoms in total. The highest BCUT2D eigenvalue weighted by molar-refractivity contribution is 7.15. The Balaban J connectivity index is 0.00000192. The number of aromatic nitrogens is 2. The number of hydrogen-bond acceptors (Lipinski definition) is 4. The van der Waals surface area contributed by atoms with Gasteiger partial charge in [0.15, 0.2) is 0 Å². The van der Waals surface area contributed by atoms with Crippen molar-refractivity contribution in [3.05, 3.63) is 29.4 Å². The monoisotopic (exact) mass is 354 g/mol. The van der Waals surface area contributed by atoms with E-state index in [1.807, 2.05) is 36.3 Å². The van der Waals surface area contributed by atoms with E-state index >= 15 is 0 Å². The van der Waals surface area contributed by atoms with Crippen molar-refractivity contribution in [2.75, 3.05) is 26.7 Å². The zero-order valence-electron chi connectivity index (χ0n) is 14.0. The molecule has 0 aromatic carbocycles. The number of nitrogens with one attached hydrogen (secondary N) is 1. The highest BCUT2D eigenvalue weighted by Crippen LogP contribution is 2.29. The molecular formula is C17H27ClN4S. The van der Waals surface area contributed by atoms with E-state index in [2.05, 4.69) is 33.6 Å². The van der Waals surface area contributed by atoms with Gasteiger partial charge in [-0.05, 0) is 64.0 Å². The van der Waals surface area contributed by atoms with Crippen molar-refractivity contribution in [3.63, 3.8) is 0 Å². The molecule has 0 spiro atoms. The number of nitrogens with zero attached hydrogens (tertiary/aromatic N) is 3. The molecule has 1 aliphatic heterocycles. The molecule has 6 heteroatoms. The minimum Gasteiger partial charge on any atom is -0.320 e. The highest BCUT2D eigenvalue weighted by Gasteiger charge is 2.19. The number of halogens is 1. The van der Waals surface area contributed by atoms with Crippen LogP contribution in [0.15, 0.2) is 24.5 Å². The lowest BCUT2D eigenvalue weighted by Gasteiger charge is -2.31. The van der Waals surface area contributed by atoms with Crippen LogP contribution in [-0.2, 0) is 13.6 Å². The summed E-state index contributed by atoms with van der Waals surface area (Å²) in [6.07, 6.45) is 8.06. The molecule has 1 fully saturated rings. The third-order valence-electron chi connectivity index (χ3n) is 4.54. The molecule has 3 rings (SSSR count). The van der Waals surface area contributed by atoms with E-state index in [9.17, 15) is 0 Å². The maximum absolute atomic E-state index is 4.26. The van der Waals surface area contributed by atoms with Gasteiger partial charge in [-0.3, -0.25) is 9.58 Å². The fourth-order valence-corrected chi connectivity index (χ4v) is 4.19. The van der Waals surface area contributed by atoms with Gasteiger partial charge >= 0.3 is 0 Å². The SMILES string of the molecule is CNCCC1CCN(Cc2ccc(-c3cnn(C)c3)s2)CC1.Cl. The molecule has 1 aliphatic rings. The third-order valence-corrected chi connectivity index (χ3v) is 5.66. The summed E-state index contributed by atoms with van der Waals surface area (Å²) in [5.41, 5.74) is 1.23. The van der Waals surface area contributed by atoms with Crippen molar-refractivity contribution in [1.82, 2.24) is 20.0 Å². The molecule has 0 saturated carbocycles. The number of piperidine rings is 1. The smallest absolute Gasteiger partial charge is 0.0576 e. The van der Waals surface area contributed by atoms with Crippen LogP contribution in [0.3, 0.4) is 0 Å². The number of thiophene rings is 1. The Bertz CT molecular complexity index is 587. The van der Waals surface area contributed by atoms with Gasteiger partial charge in [0.05, 0.1) is 6.20 Å². The van der Waals surface area contributed by atoms with Crippen LogP contribution in [-0.4, -0.2) is 41.4 Å². The minimum absolute atomic E-state index is 0. The van der Waals surface area contributed by atoms with E-state index < -0.39 is 0 Å². The van der Waals surface area contributed by atoms with E-state index in [1.165, 1.54) is 47.7 Å². The molecule has 0 unspecified atom stereocenters. The normalized spacial score (nSPS) is 16.4. The first-order chi connectivity index (χ1) is 10.7. The second kappa shape index (κ2) is 8.83. The van der Waals surface area contributed by atoms with Crippen LogP contribution in [0, 0.1) is 5.92 Å². The van der Waals surface area contributed by atoms with Gasteiger partial charge in [-0.25, -0.2) is 0 Å². The van der Waals surface area contributed by atoms with Crippen molar-refractivity contribution < 1.29 is 0 Å². The Labute approximate surface area is 149 Å². The molecule has 0 bridgehead atoms. The summed E-state index contributed by atoms with van der Waals surface area (Å²) in [7, 11) is 4.02. The second-order valence-corrected chi connectivity index (χ2v) is 7.45. The van der Waals surface area contributed by atoms with Gasteiger partial charge in [-0.2, -0.15) is 5.10 Å². The second-order valence-electron chi connectivity index (χ2n) is 6.28. The fourth-order valence-electron chi connectivity index (χ4n) is 3.17. The van der Waals surface area contributed by atoms with Gasteiger partial charge in [0.25, 0.3) is 0 Å². The van der Waals surface area contributed by atoms with Crippen LogP contribution in [0.5, 0.6) is 0 Å². The largest absolute Gasteiger partial charge is 0.320 e. The van der Waals surface area contributed by atoms with E-state index in [1.54, 1.807) is 0 Å². The maximum atomic E-state index is 4.26. The van der Waals surface area contributed by atoms with Gasteiger partial charge in [0, 0.05) is 35.1 Å². The molecule has 23 heavy (non-hydrogen) atoms. The van der Waals surface area contributed by atoms with E-state index in [0.29, 0.717) is 0 Å². The van der Waals surface area contributed by atoms with Crippen LogP contribution in [0.4, 0.5) is 0 Å². The standard InChI is InChI=1S/C17H26N4S.ClH/c1-18-8-5-14-6-9-21(10-7-14)13-16-3-4-17(22-16)15-11-19-20(2)12-15;/h3-4,11-12,14,18H,5-10,13H2,1-2H3;1H. The predicted molar refractivity (Wildman–Crippen MR) is 100 cm³/mol. The van der Waals surface area contributed by atoms with Crippen molar-refractivity contribution >= 4 is 23.7 Å². The zero-order valence-corrected chi connectivity index (χ0v) is 15.6. The number of hydrogen-bond donors (Lipinski definition) is 1. The van der Waals surface area contributed by atoms with E-state index in [-0.39, 0.29) is 12.4 Å². The molecule has 3 heterocycles. The Kier molecular flexibility index (Phi) is 7.09. The lowest BCUT2D eigenvalue weighted by Crippen LogP contribution is -2.33. The molecule has 128 valence electrons. The van der Waals surface area contributed by atoms with Crippen LogP contribution in [0.25, 0.3) is 10.4 Å². The molecule has 0 amide bonds. The quantitative estimate of drug-likeness (QED) is 0.863. The Morgan fingerprint density at radius 2 is 2.09 bits per heavy atom. The molecule has 1 N–H and O–H groups in total. The molecule has 0 atom stereocenters. The lowest BCUT2D eigenvalue weighted by atomic mass is 9.93. The van der Waals surface area contributed by atoms with Crippen molar-refractivity contribution in [3.8, 4) is 10.4 Å². The van der Waals surface area contributed by atoms with Crippen LogP contribution >= 0.6 is 23.7 Å². The van der Waals surface area contributed by atoms with Crippen LogP contribution < -0.4 is 5.32 Å². The Morgan fingerprint density at radius 3 is 2.74 bits per heavy atom. The third kappa shape index (κ3) is 5.05. The Hall–Kier alpha value is -0.880. The van der Waals surface area contributed by atoms with Crippen LogP contribution in [0.1, 0.15) is 24.1 Å². The number of likely N-dealkylation sites (tertiary alicyclic amines) is 1. The molecule has 1 saturated heterocycles. The highest BCUT2D eigenvalue weighted by atomic mass is 35.5.